The first-order valence-electron chi connectivity index (χ1n) is 9.17. The van der Waals surface area contributed by atoms with Crippen LogP contribution in [0.5, 0.6) is 0 Å². The first-order chi connectivity index (χ1) is 12.6. The van der Waals surface area contributed by atoms with E-state index < -0.39 is 12.0 Å². The number of carbonyl (C=O) groups excluding carboxylic acids is 1. The van der Waals surface area contributed by atoms with Crippen LogP contribution in [0.4, 0.5) is 13.2 Å². The molecule has 1 fully saturated rings. The molecule has 1 N–H and O–H groups in total. The molecule has 9 heteroatoms. The van der Waals surface area contributed by atoms with E-state index in [1.807, 2.05) is 0 Å². The molecular formula is C18H24F3N5O. The van der Waals surface area contributed by atoms with E-state index in [0.29, 0.717) is 28.8 Å². The van der Waals surface area contributed by atoms with E-state index in [1.165, 1.54) is 6.42 Å². The monoisotopic (exact) mass is 383 g/mol. The fourth-order valence-corrected chi connectivity index (χ4v) is 3.79. The molecule has 0 aromatic carbocycles. The highest BCUT2D eigenvalue weighted by Crippen LogP contribution is 2.30. The van der Waals surface area contributed by atoms with Gasteiger partial charge in [-0.25, -0.2) is 9.50 Å². The van der Waals surface area contributed by atoms with Gasteiger partial charge in [0, 0.05) is 23.0 Å². The van der Waals surface area contributed by atoms with Gasteiger partial charge in [-0.1, -0.05) is 26.7 Å². The summed E-state index contributed by atoms with van der Waals surface area (Å²) in [4.78, 5) is 20.1. The molecule has 2 aromatic rings. The summed E-state index contributed by atoms with van der Waals surface area (Å²) in [7, 11) is 0. The second kappa shape index (κ2) is 7.09. The number of nitrogens with zero attached hydrogens (tertiary/aromatic N) is 4. The predicted molar refractivity (Wildman–Crippen MR) is 93.1 cm³/mol. The summed E-state index contributed by atoms with van der Waals surface area (Å²) in [6, 6.07) is 0.127. The van der Waals surface area contributed by atoms with Gasteiger partial charge < -0.3 is 5.32 Å². The molecule has 0 saturated heterocycles. The smallest absolute Gasteiger partial charge is 0.353 e. The average Bonchev–Trinajstić information content (AvgIpc) is 3.00. The molecule has 3 rings (SSSR count). The van der Waals surface area contributed by atoms with Gasteiger partial charge in [0.25, 0.3) is 11.6 Å². The Labute approximate surface area is 155 Å². The number of halogens is 3. The molecule has 0 radical (unpaired) electrons. The zero-order chi connectivity index (χ0) is 19.9. The van der Waals surface area contributed by atoms with Crippen LogP contribution in [-0.4, -0.2) is 31.5 Å². The maximum atomic E-state index is 12.9. The summed E-state index contributed by atoms with van der Waals surface area (Å²) in [5, 5.41) is 6.60. The Bertz CT molecular complexity index is 861. The van der Waals surface area contributed by atoms with Crippen molar-refractivity contribution in [2.24, 2.45) is 11.8 Å². The summed E-state index contributed by atoms with van der Waals surface area (Å²) in [6.45, 7) is 7.64. The normalized spacial score (nSPS) is 23.6. The van der Waals surface area contributed by atoms with Gasteiger partial charge in [0.05, 0.1) is 6.42 Å². The fraction of sp³-hybridized carbons (Fsp3) is 0.667. The first kappa shape index (κ1) is 19.6. The third-order valence-electron chi connectivity index (χ3n) is 5.69. The lowest BCUT2D eigenvalue weighted by atomic mass is 9.78. The predicted octanol–water partition coefficient (Wildman–Crippen LogP) is 3.24. The van der Waals surface area contributed by atoms with Crippen LogP contribution in [0.3, 0.4) is 0 Å². The van der Waals surface area contributed by atoms with Crippen LogP contribution in [0.25, 0.3) is 5.78 Å². The number of aryl methyl sites for hydroxylation is 2. The highest BCUT2D eigenvalue weighted by Gasteiger charge is 2.37. The third-order valence-corrected chi connectivity index (χ3v) is 5.69. The molecule has 148 valence electrons. The largest absolute Gasteiger partial charge is 0.453 e. The van der Waals surface area contributed by atoms with Crippen molar-refractivity contribution in [3.05, 3.63) is 22.8 Å². The molecular weight excluding hydrogens is 359 g/mol. The summed E-state index contributed by atoms with van der Waals surface area (Å²) >= 11 is 0. The lowest BCUT2D eigenvalue weighted by molar-refractivity contribution is -0.144. The highest BCUT2D eigenvalue weighted by molar-refractivity contribution is 5.79. The SMILES string of the molecule is Cc1nc2nc(C(F)(F)F)nn2c(C)c1CC(=O)N[C@@H]1CCC[C@H](C)[C@H]1C. The van der Waals surface area contributed by atoms with Crippen LogP contribution in [0.2, 0.25) is 0 Å². The second-order valence-electron chi connectivity index (χ2n) is 7.52. The number of carbonyl (C=O) groups is 1. The number of hydrogen-bond acceptors (Lipinski definition) is 4. The van der Waals surface area contributed by atoms with Crippen molar-refractivity contribution in [1.29, 1.82) is 0 Å². The van der Waals surface area contributed by atoms with Crippen LogP contribution in [0.15, 0.2) is 0 Å². The Morgan fingerprint density at radius 3 is 2.59 bits per heavy atom. The molecule has 0 spiro atoms. The van der Waals surface area contributed by atoms with Crippen molar-refractivity contribution in [3.63, 3.8) is 0 Å². The minimum Gasteiger partial charge on any atom is -0.353 e. The van der Waals surface area contributed by atoms with Gasteiger partial charge in [-0.3, -0.25) is 4.79 Å². The van der Waals surface area contributed by atoms with Crippen molar-refractivity contribution in [2.75, 3.05) is 0 Å². The molecule has 2 heterocycles. The number of alkyl halides is 3. The molecule has 1 aliphatic rings. The molecule has 1 saturated carbocycles. The Morgan fingerprint density at radius 2 is 1.93 bits per heavy atom. The van der Waals surface area contributed by atoms with Crippen molar-refractivity contribution < 1.29 is 18.0 Å². The molecule has 0 bridgehead atoms. The summed E-state index contributed by atoms with van der Waals surface area (Å²) in [5.41, 5.74) is 1.51. The number of rotatable bonds is 3. The van der Waals surface area contributed by atoms with Crippen molar-refractivity contribution in [1.82, 2.24) is 24.9 Å². The number of aromatic nitrogens is 4. The standard InChI is InChI=1S/C18H24F3N5O/c1-9-6-5-7-14(10(9)2)23-15(27)8-13-11(3)22-17-24-16(18(19,20)21)25-26(17)12(13)4/h9-10,14H,5-8H2,1-4H3,(H,23,27)/t9-,10+,14+/m0/s1. The summed E-state index contributed by atoms with van der Waals surface area (Å²) in [5.74, 6) is -0.540. The maximum Gasteiger partial charge on any atom is 0.453 e. The van der Waals surface area contributed by atoms with E-state index in [9.17, 15) is 18.0 Å². The molecule has 1 amide bonds. The van der Waals surface area contributed by atoms with Gasteiger partial charge >= 0.3 is 6.18 Å². The third kappa shape index (κ3) is 3.91. The highest BCUT2D eigenvalue weighted by atomic mass is 19.4. The lowest BCUT2D eigenvalue weighted by Crippen LogP contribution is -2.44. The summed E-state index contributed by atoms with van der Waals surface area (Å²) in [6.07, 6.45) is -1.38. The Kier molecular flexibility index (Phi) is 5.14. The van der Waals surface area contributed by atoms with Crippen LogP contribution in [0, 0.1) is 25.7 Å². The van der Waals surface area contributed by atoms with Gasteiger partial charge in [-0.05, 0) is 32.1 Å². The minimum absolute atomic E-state index is 0.0550. The molecule has 1 aliphatic carbocycles. The Balaban J connectivity index is 1.83. The molecule has 3 atom stereocenters. The number of fused-ring (bicyclic) bond motifs is 1. The zero-order valence-corrected chi connectivity index (χ0v) is 15.9. The fourth-order valence-electron chi connectivity index (χ4n) is 3.79. The van der Waals surface area contributed by atoms with Crippen molar-refractivity contribution in [2.45, 2.75) is 65.6 Å². The molecule has 2 aromatic heterocycles. The Morgan fingerprint density at radius 1 is 1.22 bits per heavy atom. The first-order valence-corrected chi connectivity index (χ1v) is 9.17. The Hall–Kier alpha value is -2.19. The number of nitrogens with one attached hydrogen (secondary N) is 1. The summed E-state index contributed by atoms with van der Waals surface area (Å²) < 4.78 is 39.7. The molecule has 27 heavy (non-hydrogen) atoms. The zero-order valence-electron chi connectivity index (χ0n) is 15.9. The van der Waals surface area contributed by atoms with Gasteiger partial charge in [-0.2, -0.15) is 18.2 Å². The van der Waals surface area contributed by atoms with Gasteiger partial charge in [-0.15, -0.1) is 5.10 Å². The van der Waals surface area contributed by atoms with E-state index in [2.05, 4.69) is 34.2 Å². The maximum absolute atomic E-state index is 12.9. The van der Waals surface area contributed by atoms with Gasteiger partial charge in [0.2, 0.25) is 5.91 Å². The van der Waals surface area contributed by atoms with E-state index in [1.54, 1.807) is 13.8 Å². The van der Waals surface area contributed by atoms with Crippen LogP contribution >= 0.6 is 0 Å². The van der Waals surface area contributed by atoms with Crippen LogP contribution in [-0.2, 0) is 17.4 Å². The number of hydrogen-bond donors (Lipinski definition) is 1. The van der Waals surface area contributed by atoms with Gasteiger partial charge in [0.1, 0.15) is 0 Å². The molecule has 6 nitrogen and oxygen atoms in total. The minimum atomic E-state index is -4.64. The lowest BCUT2D eigenvalue weighted by Gasteiger charge is -2.34. The van der Waals surface area contributed by atoms with Crippen molar-refractivity contribution >= 4 is 11.7 Å². The van der Waals surface area contributed by atoms with E-state index >= 15 is 0 Å². The van der Waals surface area contributed by atoms with Crippen LogP contribution < -0.4 is 5.32 Å². The average molecular weight is 383 g/mol. The van der Waals surface area contributed by atoms with Crippen LogP contribution in [0.1, 0.15) is 55.9 Å². The molecule has 0 unspecified atom stereocenters. The number of amides is 1. The van der Waals surface area contributed by atoms with E-state index in [4.69, 9.17) is 0 Å². The topological polar surface area (TPSA) is 72.2 Å². The van der Waals surface area contributed by atoms with Gasteiger partial charge in [0.15, 0.2) is 0 Å². The second-order valence-corrected chi connectivity index (χ2v) is 7.52. The quantitative estimate of drug-likeness (QED) is 0.883. The van der Waals surface area contributed by atoms with Crippen molar-refractivity contribution in [3.8, 4) is 0 Å². The molecule has 0 aliphatic heterocycles. The van der Waals surface area contributed by atoms with E-state index in [-0.39, 0.29) is 24.1 Å². The van der Waals surface area contributed by atoms with E-state index in [0.717, 1.165) is 17.4 Å².